The Bertz CT molecular complexity index is 433. The monoisotopic (exact) mass is 296 g/mol. The van der Waals surface area contributed by atoms with Crippen molar-refractivity contribution in [3.05, 3.63) is 36.6 Å². The van der Waals surface area contributed by atoms with E-state index >= 15 is 0 Å². The SMILES string of the molecule is C=CC1=CCN(CCC(=O)O)C=C1.C[N+](C)(C)CC(=O)[O-]. The van der Waals surface area contributed by atoms with E-state index < -0.39 is 11.9 Å². The van der Waals surface area contributed by atoms with Crippen molar-refractivity contribution in [1.82, 2.24) is 4.90 Å². The van der Waals surface area contributed by atoms with Crippen LogP contribution in [0.2, 0.25) is 0 Å². The van der Waals surface area contributed by atoms with Gasteiger partial charge < -0.3 is 24.4 Å². The third kappa shape index (κ3) is 11.4. The van der Waals surface area contributed by atoms with Crippen LogP contribution < -0.4 is 5.11 Å². The second kappa shape index (κ2) is 8.97. The van der Waals surface area contributed by atoms with E-state index in [1.807, 2.05) is 23.3 Å². The number of nitrogens with zero attached hydrogens (tertiary/aromatic N) is 2. The van der Waals surface area contributed by atoms with Gasteiger partial charge in [-0.3, -0.25) is 4.79 Å². The van der Waals surface area contributed by atoms with E-state index in [0.717, 1.165) is 12.1 Å². The van der Waals surface area contributed by atoms with E-state index in [1.54, 1.807) is 27.2 Å². The van der Waals surface area contributed by atoms with Gasteiger partial charge in [-0.2, -0.15) is 0 Å². The Balaban J connectivity index is 0.000000433. The van der Waals surface area contributed by atoms with Gasteiger partial charge in [-0.15, -0.1) is 0 Å². The molecule has 1 N–H and O–H groups in total. The van der Waals surface area contributed by atoms with Crippen molar-refractivity contribution in [3.63, 3.8) is 0 Å². The van der Waals surface area contributed by atoms with Gasteiger partial charge in [-0.25, -0.2) is 0 Å². The normalized spacial score (nSPS) is 13.9. The maximum Gasteiger partial charge on any atom is 0.305 e. The van der Waals surface area contributed by atoms with Gasteiger partial charge in [0.2, 0.25) is 0 Å². The fourth-order valence-electron chi connectivity index (χ4n) is 1.49. The summed E-state index contributed by atoms with van der Waals surface area (Å²) in [6.07, 6.45) is 7.82. The van der Waals surface area contributed by atoms with Gasteiger partial charge in [0.1, 0.15) is 6.54 Å². The molecule has 0 aromatic rings. The first-order valence-corrected chi connectivity index (χ1v) is 6.61. The summed E-state index contributed by atoms with van der Waals surface area (Å²) in [5.41, 5.74) is 1.09. The molecule has 0 unspecified atom stereocenters. The first-order chi connectivity index (χ1) is 9.64. The highest BCUT2D eigenvalue weighted by Crippen LogP contribution is 2.07. The summed E-state index contributed by atoms with van der Waals surface area (Å²) in [5.74, 6) is -1.76. The number of allylic oxidation sites excluding steroid dienone is 3. The Kier molecular flexibility index (Phi) is 8.08. The van der Waals surface area contributed by atoms with Crippen LogP contribution in [0.5, 0.6) is 0 Å². The van der Waals surface area contributed by atoms with E-state index in [-0.39, 0.29) is 13.0 Å². The largest absolute Gasteiger partial charge is 0.544 e. The summed E-state index contributed by atoms with van der Waals surface area (Å²) in [5, 5.41) is 18.3. The summed E-state index contributed by atoms with van der Waals surface area (Å²) in [6.45, 7) is 5.05. The van der Waals surface area contributed by atoms with Crippen molar-refractivity contribution in [3.8, 4) is 0 Å². The number of hydrogen-bond donors (Lipinski definition) is 1. The number of carbonyl (C=O) groups is 2. The lowest BCUT2D eigenvalue weighted by Crippen LogP contribution is -2.45. The highest BCUT2D eigenvalue weighted by atomic mass is 16.4. The molecular weight excluding hydrogens is 272 g/mol. The lowest BCUT2D eigenvalue weighted by Gasteiger charge is -2.23. The van der Waals surface area contributed by atoms with Crippen molar-refractivity contribution < 1.29 is 24.3 Å². The smallest absolute Gasteiger partial charge is 0.305 e. The molecule has 1 heterocycles. The topological polar surface area (TPSA) is 80.7 Å². The Hall–Kier alpha value is -2.08. The Labute approximate surface area is 125 Å². The number of carbonyl (C=O) groups excluding carboxylic acids is 1. The van der Waals surface area contributed by atoms with Crippen molar-refractivity contribution >= 4 is 11.9 Å². The summed E-state index contributed by atoms with van der Waals surface area (Å²) in [7, 11) is 5.40. The summed E-state index contributed by atoms with van der Waals surface area (Å²) in [6, 6.07) is 0. The third-order valence-electron chi connectivity index (χ3n) is 2.49. The molecule has 0 aliphatic carbocycles. The van der Waals surface area contributed by atoms with Crippen molar-refractivity contribution in [2.24, 2.45) is 0 Å². The molecular formula is C15H24N2O4. The van der Waals surface area contributed by atoms with Gasteiger partial charge in [-0.05, 0) is 17.8 Å². The van der Waals surface area contributed by atoms with Gasteiger partial charge in [0.25, 0.3) is 0 Å². The minimum absolute atomic E-state index is 0.0694. The predicted octanol–water partition coefficient (Wildman–Crippen LogP) is -0.155. The van der Waals surface area contributed by atoms with E-state index in [4.69, 9.17) is 5.11 Å². The van der Waals surface area contributed by atoms with E-state index in [9.17, 15) is 14.7 Å². The standard InChI is InChI=1S/C10H13NO2.C5H11NO2/c1-2-9-3-6-11(7-4-9)8-5-10(12)13;1-6(2,3)4-5(7)8/h2-4,6H,1,5,7-8H2,(H,12,13);4H2,1-3H3. The van der Waals surface area contributed by atoms with E-state index in [1.165, 1.54) is 0 Å². The van der Waals surface area contributed by atoms with Crippen molar-refractivity contribution in [1.29, 1.82) is 0 Å². The zero-order chi connectivity index (χ0) is 16.5. The molecule has 0 fully saturated rings. The molecule has 0 aromatic carbocycles. The molecule has 0 radical (unpaired) electrons. The number of rotatable bonds is 6. The van der Waals surface area contributed by atoms with Crippen LogP contribution in [0.1, 0.15) is 6.42 Å². The highest BCUT2D eigenvalue weighted by molar-refractivity contribution is 5.66. The van der Waals surface area contributed by atoms with Crippen LogP contribution in [0.4, 0.5) is 0 Å². The summed E-state index contributed by atoms with van der Waals surface area (Å²) >= 11 is 0. The third-order valence-corrected chi connectivity index (χ3v) is 2.49. The second-order valence-corrected chi connectivity index (χ2v) is 5.68. The molecule has 1 rings (SSSR count). The Morgan fingerprint density at radius 3 is 2.38 bits per heavy atom. The molecule has 0 bridgehead atoms. The van der Waals surface area contributed by atoms with Crippen molar-refractivity contribution in [2.45, 2.75) is 6.42 Å². The van der Waals surface area contributed by atoms with Crippen LogP contribution in [0.3, 0.4) is 0 Å². The molecule has 1 aliphatic heterocycles. The van der Waals surface area contributed by atoms with Crippen LogP contribution in [-0.2, 0) is 9.59 Å². The van der Waals surface area contributed by atoms with Crippen LogP contribution in [0.15, 0.2) is 36.6 Å². The maximum atomic E-state index is 10.3. The molecule has 0 aromatic heterocycles. The molecule has 0 saturated carbocycles. The molecule has 6 nitrogen and oxygen atoms in total. The molecule has 0 atom stereocenters. The number of aliphatic carboxylic acids is 2. The van der Waals surface area contributed by atoms with Crippen LogP contribution in [0, 0.1) is 0 Å². The highest BCUT2D eigenvalue weighted by Gasteiger charge is 2.05. The fourth-order valence-corrected chi connectivity index (χ4v) is 1.49. The first kappa shape index (κ1) is 18.9. The van der Waals surface area contributed by atoms with Crippen LogP contribution in [0.25, 0.3) is 0 Å². The van der Waals surface area contributed by atoms with Gasteiger partial charge in [0.15, 0.2) is 0 Å². The summed E-state index contributed by atoms with van der Waals surface area (Å²) in [4.78, 5) is 22.1. The minimum atomic E-state index is -1.00. The average Bonchev–Trinajstić information content (AvgIpc) is 2.34. The molecule has 118 valence electrons. The zero-order valence-electron chi connectivity index (χ0n) is 12.9. The quantitative estimate of drug-likeness (QED) is 0.689. The van der Waals surface area contributed by atoms with Gasteiger partial charge >= 0.3 is 5.97 Å². The van der Waals surface area contributed by atoms with Crippen molar-refractivity contribution in [2.75, 3.05) is 40.8 Å². The van der Waals surface area contributed by atoms with Crippen LogP contribution >= 0.6 is 0 Å². The molecule has 21 heavy (non-hydrogen) atoms. The number of quaternary nitrogens is 1. The average molecular weight is 296 g/mol. The summed E-state index contributed by atoms with van der Waals surface area (Å²) < 4.78 is 0.419. The Morgan fingerprint density at radius 2 is 2.10 bits per heavy atom. The number of hydrogen-bond acceptors (Lipinski definition) is 4. The molecule has 1 aliphatic rings. The molecule has 0 amide bonds. The first-order valence-electron chi connectivity index (χ1n) is 6.61. The van der Waals surface area contributed by atoms with Crippen LogP contribution in [-0.4, -0.2) is 67.2 Å². The molecule has 6 heteroatoms. The maximum absolute atomic E-state index is 10.3. The lowest BCUT2D eigenvalue weighted by atomic mass is 10.2. The number of carboxylic acid groups (broad SMARTS) is 2. The van der Waals surface area contributed by atoms with Gasteiger partial charge in [-0.1, -0.05) is 18.7 Å². The number of carboxylic acids is 2. The molecule has 0 saturated heterocycles. The number of likely N-dealkylation sites (N-methyl/N-ethyl adjacent to an activating group) is 1. The zero-order valence-corrected chi connectivity index (χ0v) is 12.9. The Morgan fingerprint density at radius 1 is 1.48 bits per heavy atom. The van der Waals surface area contributed by atoms with E-state index in [0.29, 0.717) is 11.0 Å². The second-order valence-electron chi connectivity index (χ2n) is 5.68. The van der Waals surface area contributed by atoms with Gasteiger partial charge in [0.05, 0.1) is 33.5 Å². The minimum Gasteiger partial charge on any atom is -0.544 e. The van der Waals surface area contributed by atoms with E-state index in [2.05, 4.69) is 6.58 Å². The lowest BCUT2D eigenvalue weighted by molar-refractivity contribution is -0.864. The van der Waals surface area contributed by atoms with Gasteiger partial charge in [0, 0.05) is 13.1 Å². The fraction of sp³-hybridized carbons (Fsp3) is 0.467. The predicted molar refractivity (Wildman–Crippen MR) is 79.2 cm³/mol. The molecule has 0 spiro atoms.